The molecule has 0 spiro atoms. The minimum absolute atomic E-state index is 0.214. The van der Waals surface area contributed by atoms with Gasteiger partial charge in [-0.3, -0.25) is 4.90 Å². The molecule has 0 atom stereocenters. The average Bonchev–Trinajstić information content (AvgIpc) is 3.03. The standard InChI is InChI=1S/C33H49ClN6O4S2/c1-27-9-7-20-40(46(43,44)39-22-18-32-29(25-39)12-17-33(34)35-32)26-37(24-28-10-5-4-6-11-28)19-8-21-38(23-27)45(41,42)31-15-13-30(14-16-31)36(2)3/h12-17,28H,1,4-11,18-26H2,2-3H3. The van der Waals surface area contributed by atoms with Crippen LogP contribution in [0.5, 0.6) is 0 Å². The molecule has 2 aliphatic heterocycles. The fourth-order valence-electron chi connectivity index (χ4n) is 6.81. The highest BCUT2D eigenvalue weighted by Gasteiger charge is 2.35. The first-order chi connectivity index (χ1) is 21.9. The zero-order valence-electron chi connectivity index (χ0n) is 27.3. The minimum Gasteiger partial charge on any atom is -0.378 e. The Morgan fingerprint density at radius 3 is 2.26 bits per heavy atom. The Hall–Kier alpha value is -2.06. The number of anilines is 1. The number of sulfonamides is 1. The predicted molar refractivity (Wildman–Crippen MR) is 185 cm³/mol. The molecule has 1 saturated carbocycles. The van der Waals surface area contributed by atoms with Crippen molar-refractivity contribution in [1.29, 1.82) is 0 Å². The molecule has 0 amide bonds. The Kier molecular flexibility index (Phi) is 11.8. The summed E-state index contributed by atoms with van der Waals surface area (Å²) >= 11 is 6.10. The van der Waals surface area contributed by atoms with Crippen LogP contribution in [0.4, 0.5) is 5.69 Å². The molecular weight excluding hydrogens is 644 g/mol. The molecule has 0 radical (unpaired) electrons. The first-order valence-electron chi connectivity index (χ1n) is 16.5. The zero-order valence-corrected chi connectivity index (χ0v) is 29.7. The van der Waals surface area contributed by atoms with E-state index in [9.17, 15) is 16.8 Å². The van der Waals surface area contributed by atoms with E-state index in [0.717, 1.165) is 41.9 Å². The molecule has 0 N–H and O–H groups in total. The number of nitrogens with zero attached hydrogens (tertiary/aromatic N) is 6. The lowest BCUT2D eigenvalue weighted by Crippen LogP contribution is -2.51. The topological polar surface area (TPSA) is 97.4 Å². The lowest BCUT2D eigenvalue weighted by molar-refractivity contribution is 0.141. The molecule has 10 nitrogen and oxygen atoms in total. The smallest absolute Gasteiger partial charge is 0.283 e. The summed E-state index contributed by atoms with van der Waals surface area (Å²) in [7, 11) is -3.66. The van der Waals surface area contributed by atoms with Gasteiger partial charge in [0.15, 0.2) is 0 Å². The fourth-order valence-corrected chi connectivity index (χ4v) is 10.1. The van der Waals surface area contributed by atoms with Crippen LogP contribution in [0, 0.1) is 5.92 Å². The van der Waals surface area contributed by atoms with Crippen LogP contribution in [0.15, 0.2) is 53.4 Å². The molecule has 3 aliphatic rings. The van der Waals surface area contributed by atoms with Gasteiger partial charge in [-0.05, 0) is 73.9 Å². The largest absolute Gasteiger partial charge is 0.378 e. The molecule has 1 aromatic heterocycles. The van der Waals surface area contributed by atoms with Gasteiger partial charge in [-0.1, -0.05) is 49.1 Å². The van der Waals surface area contributed by atoms with E-state index in [2.05, 4.69) is 16.5 Å². The Morgan fingerprint density at radius 2 is 1.54 bits per heavy atom. The van der Waals surface area contributed by atoms with E-state index in [-0.39, 0.29) is 24.7 Å². The van der Waals surface area contributed by atoms with Crippen LogP contribution in [0.3, 0.4) is 0 Å². The highest BCUT2D eigenvalue weighted by molar-refractivity contribution is 7.89. The summed E-state index contributed by atoms with van der Waals surface area (Å²) in [6.45, 7) is 7.43. The quantitative estimate of drug-likeness (QED) is 0.299. The van der Waals surface area contributed by atoms with Crippen LogP contribution >= 0.6 is 11.6 Å². The molecule has 0 bridgehead atoms. The highest BCUT2D eigenvalue weighted by atomic mass is 35.5. The number of aromatic nitrogens is 1. The zero-order chi connectivity index (χ0) is 32.9. The minimum atomic E-state index is -3.77. The number of benzene rings is 1. The van der Waals surface area contributed by atoms with E-state index in [1.165, 1.54) is 19.3 Å². The van der Waals surface area contributed by atoms with Crippen molar-refractivity contribution in [2.45, 2.75) is 69.2 Å². The van der Waals surface area contributed by atoms with Crippen LogP contribution < -0.4 is 4.90 Å². The Bertz CT molecular complexity index is 1560. The molecular formula is C33H49ClN6O4S2. The molecule has 1 saturated heterocycles. The van der Waals surface area contributed by atoms with E-state index in [0.29, 0.717) is 62.9 Å². The van der Waals surface area contributed by atoms with Crippen molar-refractivity contribution in [2.75, 3.05) is 64.9 Å². The van der Waals surface area contributed by atoms with Crippen molar-refractivity contribution in [2.24, 2.45) is 5.92 Å². The first kappa shape index (κ1) is 35.3. The maximum Gasteiger partial charge on any atom is 0.283 e. The molecule has 1 aliphatic carbocycles. The van der Waals surface area contributed by atoms with E-state index in [1.807, 2.05) is 37.2 Å². The van der Waals surface area contributed by atoms with E-state index < -0.39 is 20.2 Å². The molecule has 46 heavy (non-hydrogen) atoms. The van der Waals surface area contributed by atoms with Crippen molar-refractivity contribution in [1.82, 2.24) is 22.8 Å². The summed E-state index contributed by atoms with van der Waals surface area (Å²) in [5.74, 6) is 0.513. The van der Waals surface area contributed by atoms with Gasteiger partial charge < -0.3 is 4.90 Å². The maximum atomic E-state index is 14.2. The second-order valence-corrected chi connectivity index (χ2v) is 17.4. The second kappa shape index (κ2) is 15.4. The summed E-state index contributed by atoms with van der Waals surface area (Å²) in [5, 5.41) is 0.422. The summed E-state index contributed by atoms with van der Waals surface area (Å²) < 4.78 is 60.9. The highest BCUT2D eigenvalue weighted by Crippen LogP contribution is 2.28. The SMILES string of the molecule is C=C1CCCN(S(=O)(=O)N2CCc3nc(Cl)ccc3C2)CN(CC2CCCCC2)CCCN(S(=O)(=O)c2ccc(N(C)C)cc2)C1. The monoisotopic (exact) mass is 692 g/mol. The second-order valence-electron chi connectivity index (χ2n) is 13.2. The normalized spacial score (nSPS) is 21.3. The molecule has 3 heterocycles. The van der Waals surface area contributed by atoms with Crippen LogP contribution in [0.25, 0.3) is 0 Å². The Morgan fingerprint density at radius 1 is 0.826 bits per heavy atom. The van der Waals surface area contributed by atoms with Gasteiger partial charge in [0.1, 0.15) is 5.15 Å². The molecule has 13 heteroatoms. The lowest BCUT2D eigenvalue weighted by Gasteiger charge is -2.37. The number of rotatable bonds is 7. The van der Waals surface area contributed by atoms with Gasteiger partial charge in [0, 0.05) is 77.7 Å². The van der Waals surface area contributed by atoms with Crippen LogP contribution in [-0.4, -0.2) is 99.7 Å². The van der Waals surface area contributed by atoms with E-state index in [1.54, 1.807) is 31.1 Å². The van der Waals surface area contributed by atoms with Gasteiger partial charge in [0.05, 0.1) is 11.6 Å². The summed E-state index contributed by atoms with van der Waals surface area (Å²) in [5.41, 5.74) is 3.46. The summed E-state index contributed by atoms with van der Waals surface area (Å²) in [6.07, 6.45) is 8.14. The number of halogens is 1. The van der Waals surface area contributed by atoms with Crippen LogP contribution in [0.2, 0.25) is 5.15 Å². The summed E-state index contributed by atoms with van der Waals surface area (Å²) in [6, 6.07) is 10.6. The van der Waals surface area contributed by atoms with Crippen molar-refractivity contribution in [3.05, 3.63) is 65.0 Å². The van der Waals surface area contributed by atoms with Crippen molar-refractivity contribution in [3.63, 3.8) is 0 Å². The van der Waals surface area contributed by atoms with Crippen molar-refractivity contribution < 1.29 is 16.8 Å². The fraction of sp³-hybridized carbons (Fsp3) is 0.606. The predicted octanol–water partition coefficient (Wildman–Crippen LogP) is 4.98. The first-order valence-corrected chi connectivity index (χ1v) is 19.7. The van der Waals surface area contributed by atoms with E-state index >= 15 is 0 Å². The van der Waals surface area contributed by atoms with Gasteiger partial charge in [0.2, 0.25) is 10.0 Å². The number of fused-ring (bicyclic) bond motifs is 1. The molecule has 0 unspecified atom stereocenters. The van der Waals surface area contributed by atoms with Gasteiger partial charge in [-0.15, -0.1) is 0 Å². The van der Waals surface area contributed by atoms with Gasteiger partial charge >= 0.3 is 0 Å². The third kappa shape index (κ3) is 8.69. The van der Waals surface area contributed by atoms with Crippen molar-refractivity contribution >= 4 is 37.5 Å². The Labute approximate surface area is 281 Å². The van der Waals surface area contributed by atoms with Crippen LogP contribution in [0.1, 0.15) is 62.6 Å². The molecule has 2 fully saturated rings. The Balaban J connectivity index is 1.35. The number of pyridine rings is 1. The number of hydrogen-bond donors (Lipinski definition) is 0. The molecule has 1 aromatic carbocycles. The third-order valence-electron chi connectivity index (χ3n) is 9.44. The average molecular weight is 693 g/mol. The molecule has 2 aromatic rings. The van der Waals surface area contributed by atoms with Crippen molar-refractivity contribution in [3.8, 4) is 0 Å². The summed E-state index contributed by atoms with van der Waals surface area (Å²) in [4.78, 5) is 8.88. The lowest BCUT2D eigenvalue weighted by atomic mass is 9.89. The number of hydrogen-bond acceptors (Lipinski definition) is 7. The maximum absolute atomic E-state index is 14.2. The molecule has 5 rings (SSSR count). The molecule has 254 valence electrons. The van der Waals surface area contributed by atoms with Gasteiger partial charge in [-0.2, -0.15) is 21.3 Å². The van der Waals surface area contributed by atoms with E-state index in [4.69, 9.17) is 11.6 Å². The van der Waals surface area contributed by atoms with Crippen LogP contribution in [-0.2, 0) is 33.2 Å². The van der Waals surface area contributed by atoms with Gasteiger partial charge in [-0.25, -0.2) is 13.4 Å². The third-order valence-corrected chi connectivity index (χ3v) is 13.4. The van der Waals surface area contributed by atoms with Gasteiger partial charge in [0.25, 0.3) is 10.2 Å².